The minimum absolute atomic E-state index is 0. The molecule has 0 saturated carbocycles. The second-order valence-corrected chi connectivity index (χ2v) is 5.99. The first-order valence-corrected chi connectivity index (χ1v) is 7.84. The van der Waals surface area contributed by atoms with Crippen molar-refractivity contribution in [2.24, 2.45) is 12.8 Å². The van der Waals surface area contributed by atoms with Crippen LogP contribution in [0.3, 0.4) is 0 Å². The lowest BCUT2D eigenvalue weighted by Gasteiger charge is -2.13. The molecule has 130 valence electrons. The molecule has 2 aromatic heterocycles. The number of aromatic nitrogens is 3. The van der Waals surface area contributed by atoms with Crippen molar-refractivity contribution in [3.05, 3.63) is 46.2 Å². The van der Waals surface area contributed by atoms with Crippen molar-refractivity contribution in [3.8, 4) is 0 Å². The molecule has 1 aromatic carbocycles. The Morgan fingerprint density at radius 2 is 2.04 bits per heavy atom. The number of thiazole rings is 1. The molecular formula is C15H19Cl2N5OS. The van der Waals surface area contributed by atoms with Gasteiger partial charge < -0.3 is 15.6 Å². The van der Waals surface area contributed by atoms with E-state index in [0.29, 0.717) is 12.2 Å². The van der Waals surface area contributed by atoms with E-state index in [9.17, 15) is 4.79 Å². The zero-order valence-electron chi connectivity index (χ0n) is 13.2. The van der Waals surface area contributed by atoms with Crippen LogP contribution in [-0.4, -0.2) is 20.4 Å². The lowest BCUT2D eigenvalue weighted by molar-refractivity contribution is 0.0933. The number of nitrogens with one attached hydrogen (secondary N) is 1. The molecule has 6 nitrogen and oxygen atoms in total. The maximum atomic E-state index is 12.2. The molecule has 0 saturated heterocycles. The molecule has 9 heteroatoms. The summed E-state index contributed by atoms with van der Waals surface area (Å²) in [6.07, 6.45) is 0. The molecule has 0 fully saturated rings. The number of rotatable bonds is 4. The Balaban J connectivity index is 0.00000144. The monoisotopic (exact) mass is 387 g/mol. The molecule has 3 rings (SSSR count). The summed E-state index contributed by atoms with van der Waals surface area (Å²) in [5, 5.41) is 5.40. The number of amides is 1. The number of fused-ring (bicyclic) bond motifs is 1. The fraction of sp³-hybridized carbons (Fsp3) is 0.267. The van der Waals surface area contributed by atoms with Crippen molar-refractivity contribution < 1.29 is 4.79 Å². The van der Waals surface area contributed by atoms with Crippen LogP contribution in [0.4, 0.5) is 0 Å². The van der Waals surface area contributed by atoms with Gasteiger partial charge in [-0.2, -0.15) is 0 Å². The summed E-state index contributed by atoms with van der Waals surface area (Å²) in [7, 11) is 1.95. The summed E-state index contributed by atoms with van der Waals surface area (Å²) in [5.41, 5.74) is 7.88. The first-order valence-electron chi connectivity index (χ1n) is 6.97. The largest absolute Gasteiger partial charge is 0.341 e. The zero-order valence-corrected chi connectivity index (χ0v) is 15.7. The van der Waals surface area contributed by atoms with Gasteiger partial charge in [0.2, 0.25) is 0 Å². The maximum Gasteiger partial charge on any atom is 0.271 e. The van der Waals surface area contributed by atoms with Crippen LogP contribution >= 0.6 is 36.2 Å². The second kappa shape index (κ2) is 8.43. The van der Waals surface area contributed by atoms with Crippen LogP contribution in [0.1, 0.15) is 34.3 Å². The quantitative estimate of drug-likeness (QED) is 0.720. The zero-order chi connectivity index (χ0) is 15.7. The lowest BCUT2D eigenvalue weighted by atomic mass is 10.3. The number of aryl methyl sites for hydroxylation is 1. The molecule has 0 bridgehead atoms. The van der Waals surface area contributed by atoms with Gasteiger partial charge in [-0.15, -0.1) is 36.2 Å². The van der Waals surface area contributed by atoms with E-state index in [1.807, 2.05) is 42.8 Å². The maximum absolute atomic E-state index is 12.2. The number of para-hydroxylation sites is 2. The van der Waals surface area contributed by atoms with Crippen molar-refractivity contribution in [1.82, 2.24) is 19.9 Å². The number of benzene rings is 1. The smallest absolute Gasteiger partial charge is 0.271 e. The topological polar surface area (TPSA) is 85.8 Å². The average molecular weight is 388 g/mol. The van der Waals surface area contributed by atoms with E-state index >= 15 is 0 Å². The predicted octanol–water partition coefficient (Wildman–Crippen LogP) is 2.82. The van der Waals surface area contributed by atoms with Crippen LogP contribution in [0.15, 0.2) is 29.6 Å². The Bertz CT molecular complexity index is 832. The first kappa shape index (κ1) is 20.4. The second-order valence-electron chi connectivity index (χ2n) is 5.04. The van der Waals surface area contributed by atoms with E-state index in [1.54, 1.807) is 5.38 Å². The van der Waals surface area contributed by atoms with E-state index in [1.165, 1.54) is 11.3 Å². The highest BCUT2D eigenvalue weighted by Gasteiger charge is 2.18. The van der Waals surface area contributed by atoms with Gasteiger partial charge in [0.15, 0.2) is 0 Å². The van der Waals surface area contributed by atoms with Crippen molar-refractivity contribution >= 4 is 53.1 Å². The summed E-state index contributed by atoms with van der Waals surface area (Å²) >= 11 is 1.39. The molecule has 1 unspecified atom stereocenters. The Kier molecular flexibility index (Phi) is 7.16. The van der Waals surface area contributed by atoms with Gasteiger partial charge in [0, 0.05) is 19.0 Å². The molecule has 0 aliphatic carbocycles. The number of nitrogens with two attached hydrogens (primary N) is 1. The minimum atomic E-state index is -0.215. The van der Waals surface area contributed by atoms with Crippen LogP contribution in [-0.2, 0) is 13.6 Å². The lowest BCUT2D eigenvalue weighted by Crippen LogP contribution is -2.28. The molecule has 1 amide bonds. The molecule has 3 aromatic rings. The van der Waals surface area contributed by atoms with Gasteiger partial charge in [-0.05, 0) is 19.1 Å². The van der Waals surface area contributed by atoms with Gasteiger partial charge >= 0.3 is 0 Å². The van der Waals surface area contributed by atoms with E-state index in [4.69, 9.17) is 5.73 Å². The van der Waals surface area contributed by atoms with Gasteiger partial charge in [0.25, 0.3) is 5.91 Å². The number of halogens is 2. The summed E-state index contributed by atoms with van der Waals surface area (Å²) in [6.45, 7) is 2.26. The van der Waals surface area contributed by atoms with Gasteiger partial charge in [-0.3, -0.25) is 4.79 Å². The van der Waals surface area contributed by atoms with Crippen molar-refractivity contribution in [2.75, 3.05) is 0 Å². The number of nitrogens with zero attached hydrogens (tertiary/aromatic N) is 3. The van der Waals surface area contributed by atoms with Crippen LogP contribution in [0.25, 0.3) is 11.0 Å². The van der Waals surface area contributed by atoms with Crippen molar-refractivity contribution in [2.45, 2.75) is 19.5 Å². The van der Waals surface area contributed by atoms with Gasteiger partial charge in [-0.1, -0.05) is 12.1 Å². The fourth-order valence-electron chi connectivity index (χ4n) is 2.40. The number of hydrogen-bond acceptors (Lipinski definition) is 5. The van der Waals surface area contributed by atoms with Crippen LogP contribution in [0.5, 0.6) is 0 Å². The minimum Gasteiger partial charge on any atom is -0.341 e. The van der Waals surface area contributed by atoms with E-state index < -0.39 is 0 Å². The number of carbonyl (C=O) groups excluding carboxylic acids is 1. The van der Waals surface area contributed by atoms with Crippen molar-refractivity contribution in [3.63, 3.8) is 0 Å². The summed E-state index contributed by atoms with van der Waals surface area (Å²) in [6, 6.07) is 7.68. The molecule has 2 heterocycles. The van der Waals surface area contributed by atoms with Gasteiger partial charge in [0.05, 0.1) is 17.1 Å². The third-order valence-electron chi connectivity index (χ3n) is 3.52. The third kappa shape index (κ3) is 3.87. The molecule has 1 atom stereocenters. The summed E-state index contributed by atoms with van der Waals surface area (Å²) < 4.78 is 1.99. The van der Waals surface area contributed by atoms with Crippen molar-refractivity contribution in [1.29, 1.82) is 0 Å². The molecule has 3 N–H and O–H groups in total. The molecule has 0 aliphatic rings. The van der Waals surface area contributed by atoms with Crippen LogP contribution in [0, 0.1) is 0 Å². The molecule has 0 aliphatic heterocycles. The Labute approximate surface area is 156 Å². The normalized spacial score (nSPS) is 11.5. The third-order valence-corrected chi connectivity index (χ3v) is 4.39. The summed E-state index contributed by atoms with van der Waals surface area (Å²) in [4.78, 5) is 21.0. The SMILES string of the molecule is CC(NC(=O)c1csc(CN)n1)c1nc2ccccc2n1C.Cl.Cl. The molecule has 24 heavy (non-hydrogen) atoms. The highest BCUT2D eigenvalue weighted by atomic mass is 35.5. The summed E-state index contributed by atoms with van der Waals surface area (Å²) in [5.74, 6) is 0.597. The first-order chi connectivity index (χ1) is 10.6. The highest BCUT2D eigenvalue weighted by Crippen LogP contribution is 2.19. The van der Waals surface area contributed by atoms with E-state index in [2.05, 4.69) is 15.3 Å². The average Bonchev–Trinajstić information content (AvgIpc) is 3.12. The standard InChI is InChI=1S/C15H17N5OS.2ClH/c1-9(17-15(21)11-8-22-13(7-16)18-11)14-19-10-5-3-4-6-12(10)20(14)2;;/h3-6,8-9H,7,16H2,1-2H3,(H,17,21);2*1H. The molecule has 0 radical (unpaired) electrons. The van der Waals surface area contributed by atoms with Gasteiger partial charge in [0.1, 0.15) is 16.5 Å². The Hall–Kier alpha value is -1.67. The van der Waals surface area contributed by atoms with Crippen LogP contribution < -0.4 is 11.1 Å². The Morgan fingerprint density at radius 3 is 2.67 bits per heavy atom. The van der Waals surface area contributed by atoms with Crippen LogP contribution in [0.2, 0.25) is 0 Å². The molecular weight excluding hydrogens is 369 g/mol. The van der Waals surface area contributed by atoms with Gasteiger partial charge in [-0.25, -0.2) is 9.97 Å². The van der Waals surface area contributed by atoms with E-state index in [0.717, 1.165) is 21.9 Å². The predicted molar refractivity (Wildman–Crippen MR) is 101 cm³/mol. The fourth-order valence-corrected chi connectivity index (χ4v) is 3.05. The number of imidazole rings is 1. The number of hydrogen-bond donors (Lipinski definition) is 2. The van der Waals surface area contributed by atoms with E-state index in [-0.39, 0.29) is 36.8 Å². The highest BCUT2D eigenvalue weighted by molar-refractivity contribution is 7.09. The molecule has 0 spiro atoms. The number of carbonyl (C=O) groups is 1. The Morgan fingerprint density at radius 1 is 1.33 bits per heavy atom.